The molecule has 4 heteroatoms. The first kappa shape index (κ1) is 24.6. The first-order valence-corrected chi connectivity index (χ1v) is 16.9. The van der Waals surface area contributed by atoms with Crippen LogP contribution in [0.2, 0.25) is 6.55 Å². The molecule has 0 spiro atoms. The predicted molar refractivity (Wildman–Crippen MR) is 115 cm³/mol. The molecule has 0 aliphatic heterocycles. The molecular weight excluding hydrogens is 490 g/mol. The van der Waals surface area contributed by atoms with Crippen LogP contribution in [0.4, 0.5) is 0 Å². The Morgan fingerprint density at radius 1 is 0.897 bits per heavy atom. The molecule has 2 aromatic rings. The second-order valence-corrected chi connectivity index (χ2v) is 19.8. The van der Waals surface area contributed by atoms with Crippen LogP contribution in [0.5, 0.6) is 0 Å². The topological polar surface area (TPSA) is 0 Å². The van der Waals surface area contributed by atoms with Gasteiger partial charge in [0.05, 0.1) is 0 Å². The maximum atomic E-state index is 2.55. The summed E-state index contributed by atoms with van der Waals surface area (Å²) in [6, 6.07) is 20.4. The molecule has 149 valence electrons. The van der Waals surface area contributed by atoms with Crippen LogP contribution in [0.1, 0.15) is 41.9 Å². The first-order chi connectivity index (χ1) is 12.9. The molecule has 0 N–H and O–H groups in total. The maximum absolute atomic E-state index is 2.55. The van der Waals surface area contributed by atoms with Gasteiger partial charge in [0.2, 0.25) is 0 Å². The molecule has 2 aliphatic carbocycles. The van der Waals surface area contributed by atoms with E-state index in [0.717, 1.165) is 6.42 Å². The largest absolute Gasteiger partial charge is 1.00 e. The van der Waals surface area contributed by atoms with Crippen molar-refractivity contribution >= 4 is 16.7 Å². The van der Waals surface area contributed by atoms with Crippen molar-refractivity contribution in [3.8, 4) is 0 Å². The molecule has 0 nitrogen and oxygen atoms in total. The van der Waals surface area contributed by atoms with E-state index in [0.29, 0.717) is 3.63 Å². The van der Waals surface area contributed by atoms with Crippen LogP contribution < -0.4 is 30.0 Å². The number of benzene rings is 2. The Hall–Kier alpha value is -0.660. The van der Waals surface area contributed by atoms with Gasteiger partial charge in [0, 0.05) is 0 Å². The van der Waals surface area contributed by atoms with E-state index >= 15 is 0 Å². The molecule has 0 radical (unpaired) electrons. The van der Waals surface area contributed by atoms with Crippen molar-refractivity contribution in [2.24, 2.45) is 5.41 Å². The summed E-state index contributed by atoms with van der Waals surface area (Å²) in [5.41, 5.74) is 7.61. The number of allylic oxidation sites excluding steroid dienone is 5. The number of hydrogen-bond donors (Lipinski definition) is 0. The first-order valence-electron chi connectivity index (χ1n) is 9.81. The van der Waals surface area contributed by atoms with Crippen molar-refractivity contribution in [3.63, 3.8) is 0 Å². The second kappa shape index (κ2) is 10.1. The van der Waals surface area contributed by atoms with Crippen molar-refractivity contribution < 1.29 is 46.7 Å². The van der Waals surface area contributed by atoms with E-state index in [9.17, 15) is 0 Å². The summed E-state index contributed by atoms with van der Waals surface area (Å²) < 4.78 is 0.711. The Bertz CT molecular complexity index is 995. The van der Waals surface area contributed by atoms with Crippen LogP contribution in [-0.4, -0.2) is 5.43 Å². The molecule has 0 fully saturated rings. The van der Waals surface area contributed by atoms with Gasteiger partial charge in [-0.05, 0) is 0 Å². The third kappa shape index (κ3) is 5.34. The summed E-state index contributed by atoms with van der Waals surface area (Å²) in [6.45, 7) is 9.53. The van der Waals surface area contributed by atoms with Crippen molar-refractivity contribution in [1.82, 2.24) is 0 Å². The van der Waals surface area contributed by atoms with Gasteiger partial charge in [0.25, 0.3) is 0 Å². The van der Waals surface area contributed by atoms with E-state index < -0.39 is 27.3 Å². The summed E-state index contributed by atoms with van der Waals surface area (Å²) >= 11 is -0.598. The molecule has 0 bridgehead atoms. The Labute approximate surface area is 199 Å². The van der Waals surface area contributed by atoms with E-state index in [-0.39, 0.29) is 30.2 Å². The van der Waals surface area contributed by atoms with Gasteiger partial charge in [-0.15, -0.1) is 0 Å². The van der Waals surface area contributed by atoms with Crippen LogP contribution in [0.3, 0.4) is 0 Å². The summed E-state index contributed by atoms with van der Waals surface area (Å²) in [5.74, 6) is 0. The molecular formula is C25H27Cl2SiZr. The van der Waals surface area contributed by atoms with Crippen LogP contribution in [0.25, 0.3) is 6.08 Å². The van der Waals surface area contributed by atoms with Crippen molar-refractivity contribution in [2.75, 3.05) is 0 Å². The van der Waals surface area contributed by atoms with Gasteiger partial charge in [0.15, 0.2) is 0 Å². The van der Waals surface area contributed by atoms with Gasteiger partial charge >= 0.3 is 176 Å². The minimum absolute atomic E-state index is 0. The standard InChI is InChI=1S/C18H19.C7H8Si.2ClH.Zr/c1-18(2,3)17-9-8-15(12-17)16-10-13-6-4-5-7-14(13)11-16;1-8-7-5-3-2-4-6-7;;;/h4-7,9-12H,8H2,1-3H3;2-6H,1H3;2*1H;/q;;;;+2/p-2. The zero-order valence-electron chi connectivity index (χ0n) is 17.5. The summed E-state index contributed by atoms with van der Waals surface area (Å²) in [4.78, 5) is 0. The minimum Gasteiger partial charge on any atom is -1.00 e. The van der Waals surface area contributed by atoms with Gasteiger partial charge < -0.3 is 24.8 Å². The number of hydrogen-bond acceptors (Lipinski definition) is 0. The Morgan fingerprint density at radius 2 is 1.55 bits per heavy atom. The molecule has 0 amide bonds. The third-order valence-corrected chi connectivity index (χ3v) is 16.5. The monoisotopic (exact) mass is 515 g/mol. The average Bonchev–Trinajstić information content (AvgIpc) is 3.28. The molecule has 1 unspecified atom stereocenters. The van der Waals surface area contributed by atoms with E-state index in [1.165, 1.54) is 11.1 Å². The van der Waals surface area contributed by atoms with Crippen LogP contribution >= 0.6 is 0 Å². The number of rotatable bonds is 3. The van der Waals surface area contributed by atoms with Gasteiger partial charge in [-0.25, -0.2) is 0 Å². The van der Waals surface area contributed by atoms with Crippen LogP contribution in [0.15, 0.2) is 83.5 Å². The molecule has 2 aliphatic rings. The van der Waals surface area contributed by atoms with Gasteiger partial charge in [-0.3, -0.25) is 0 Å². The Morgan fingerprint density at radius 3 is 2.21 bits per heavy atom. The average molecular weight is 518 g/mol. The zero-order valence-corrected chi connectivity index (χ0v) is 22.4. The normalized spacial score (nSPS) is 17.9. The molecule has 0 saturated carbocycles. The summed E-state index contributed by atoms with van der Waals surface area (Å²) in [5, 5.41) is 1.62. The third-order valence-electron chi connectivity index (χ3n) is 5.61. The van der Waals surface area contributed by atoms with E-state index in [2.05, 4.69) is 100 Å². The smallest absolute Gasteiger partial charge is 1.00 e. The quantitative estimate of drug-likeness (QED) is 0.505. The number of halogens is 2. The van der Waals surface area contributed by atoms with Crippen LogP contribution in [0, 0.1) is 5.41 Å². The van der Waals surface area contributed by atoms with E-state index in [4.69, 9.17) is 0 Å². The van der Waals surface area contributed by atoms with Gasteiger partial charge in [-0.2, -0.15) is 0 Å². The van der Waals surface area contributed by atoms with Crippen molar-refractivity contribution in [2.45, 2.75) is 37.4 Å². The Kier molecular flexibility index (Phi) is 8.57. The maximum Gasteiger partial charge on any atom is -1.00 e. The van der Waals surface area contributed by atoms with E-state index in [1.54, 1.807) is 21.9 Å². The van der Waals surface area contributed by atoms with Gasteiger partial charge in [-0.1, -0.05) is 0 Å². The molecule has 0 heterocycles. The zero-order chi connectivity index (χ0) is 19.0. The second-order valence-electron chi connectivity index (χ2n) is 8.58. The Balaban J connectivity index is 0.00000150. The SMILES string of the molecule is C/[Si](=[Zr+2]\[CH]1C(C2=CC(C(C)(C)C)=CC2)=Cc2ccccc21)c1ccccc1.[Cl-].[Cl-]. The fourth-order valence-corrected chi connectivity index (χ4v) is 14.8. The van der Waals surface area contributed by atoms with Crippen molar-refractivity contribution in [3.05, 3.63) is 94.6 Å². The van der Waals surface area contributed by atoms with E-state index in [1.807, 2.05) is 0 Å². The molecule has 1 atom stereocenters. The minimum atomic E-state index is -0.598. The summed E-state index contributed by atoms with van der Waals surface area (Å²) in [6.07, 6.45) is 8.57. The molecule has 4 rings (SSSR count). The summed E-state index contributed by atoms with van der Waals surface area (Å²) in [7, 11) is 0. The van der Waals surface area contributed by atoms with Crippen molar-refractivity contribution in [1.29, 1.82) is 0 Å². The molecule has 2 aromatic carbocycles. The fourth-order valence-electron chi connectivity index (χ4n) is 3.99. The molecule has 29 heavy (non-hydrogen) atoms. The van der Waals surface area contributed by atoms with Gasteiger partial charge in [0.1, 0.15) is 0 Å². The fraction of sp³-hybridized carbons (Fsp3) is 0.280. The number of fused-ring (bicyclic) bond motifs is 1. The van der Waals surface area contributed by atoms with Crippen LogP contribution in [-0.2, 0) is 21.9 Å². The molecule has 0 saturated heterocycles. The molecule has 0 aromatic heterocycles. The predicted octanol–water partition coefficient (Wildman–Crippen LogP) is 0.0463.